The van der Waals surface area contributed by atoms with Crippen molar-refractivity contribution in [1.82, 2.24) is 10.3 Å². The molecule has 4 heteroatoms. The summed E-state index contributed by atoms with van der Waals surface area (Å²) in [4.78, 5) is 15.6. The van der Waals surface area contributed by atoms with Crippen LogP contribution in [0.4, 0.5) is 0 Å². The fourth-order valence-electron chi connectivity index (χ4n) is 2.17. The van der Waals surface area contributed by atoms with Crippen LogP contribution in [0.3, 0.4) is 0 Å². The van der Waals surface area contributed by atoms with Crippen LogP contribution in [0.15, 0.2) is 54.7 Å². The Morgan fingerprint density at radius 1 is 1.19 bits per heavy atom. The number of rotatable bonds is 7. The molecule has 21 heavy (non-hydrogen) atoms. The summed E-state index contributed by atoms with van der Waals surface area (Å²) in [5, 5.41) is 3.46. The molecule has 0 amide bonds. The zero-order valence-corrected chi connectivity index (χ0v) is 12.2. The third kappa shape index (κ3) is 4.68. The van der Waals surface area contributed by atoms with Crippen LogP contribution in [0, 0.1) is 0 Å². The third-order valence-electron chi connectivity index (χ3n) is 3.25. The summed E-state index contributed by atoms with van der Waals surface area (Å²) < 4.78 is 4.65. The minimum Gasteiger partial charge on any atom is -0.469 e. The molecule has 2 rings (SSSR count). The quantitative estimate of drug-likeness (QED) is 0.627. The monoisotopic (exact) mass is 284 g/mol. The van der Waals surface area contributed by atoms with E-state index in [1.54, 1.807) is 6.20 Å². The topological polar surface area (TPSA) is 51.2 Å². The first-order chi connectivity index (χ1) is 10.3. The molecule has 0 aliphatic carbocycles. The number of pyridine rings is 1. The van der Waals surface area contributed by atoms with Crippen LogP contribution < -0.4 is 5.32 Å². The molecule has 0 saturated carbocycles. The van der Waals surface area contributed by atoms with Crippen molar-refractivity contribution in [2.24, 2.45) is 0 Å². The summed E-state index contributed by atoms with van der Waals surface area (Å²) in [6.45, 7) is 0.727. The molecule has 1 heterocycles. The summed E-state index contributed by atoms with van der Waals surface area (Å²) in [5.74, 6) is -0.175. The largest absolute Gasteiger partial charge is 0.469 e. The number of aromatic nitrogens is 1. The lowest BCUT2D eigenvalue weighted by Gasteiger charge is -2.18. The van der Waals surface area contributed by atoms with Gasteiger partial charge in [-0.3, -0.25) is 9.78 Å². The van der Waals surface area contributed by atoms with Gasteiger partial charge in [-0.15, -0.1) is 0 Å². The van der Waals surface area contributed by atoms with Gasteiger partial charge < -0.3 is 10.1 Å². The second-order valence-electron chi connectivity index (χ2n) is 4.73. The number of nitrogens with zero attached hydrogens (tertiary/aromatic N) is 1. The maximum atomic E-state index is 11.1. The summed E-state index contributed by atoms with van der Waals surface area (Å²) in [7, 11) is 1.41. The average molecular weight is 284 g/mol. The highest BCUT2D eigenvalue weighted by Crippen LogP contribution is 2.19. The Hall–Kier alpha value is -2.20. The molecule has 2 aromatic rings. The summed E-state index contributed by atoms with van der Waals surface area (Å²) in [6, 6.07) is 16.1. The maximum absolute atomic E-state index is 11.1. The van der Waals surface area contributed by atoms with E-state index in [-0.39, 0.29) is 12.0 Å². The highest BCUT2D eigenvalue weighted by atomic mass is 16.5. The van der Waals surface area contributed by atoms with Crippen molar-refractivity contribution in [3.63, 3.8) is 0 Å². The van der Waals surface area contributed by atoms with Gasteiger partial charge in [0.15, 0.2) is 0 Å². The first kappa shape index (κ1) is 15.2. The van der Waals surface area contributed by atoms with Gasteiger partial charge in [-0.25, -0.2) is 0 Å². The predicted octanol–water partition coefficient (Wildman–Crippen LogP) is 2.71. The van der Waals surface area contributed by atoms with E-state index in [1.165, 1.54) is 7.11 Å². The number of hydrogen-bond donors (Lipinski definition) is 1. The van der Waals surface area contributed by atoms with Crippen molar-refractivity contribution in [3.05, 3.63) is 66.0 Å². The third-order valence-corrected chi connectivity index (χ3v) is 3.25. The first-order valence-electron chi connectivity index (χ1n) is 7.07. The van der Waals surface area contributed by atoms with Crippen molar-refractivity contribution in [2.45, 2.75) is 18.9 Å². The Kier molecular flexibility index (Phi) is 5.91. The maximum Gasteiger partial charge on any atom is 0.305 e. The minimum atomic E-state index is -0.175. The standard InChI is InChI=1S/C17H20N2O2/c1-21-16(20)11-7-13-19-17(14-8-3-2-4-9-14)15-10-5-6-12-18-15/h2-6,8-10,12,17,19H,7,11,13H2,1H3. The Morgan fingerprint density at radius 2 is 1.95 bits per heavy atom. The van der Waals surface area contributed by atoms with E-state index in [9.17, 15) is 4.79 Å². The highest BCUT2D eigenvalue weighted by Gasteiger charge is 2.14. The molecule has 0 fully saturated rings. The molecule has 0 bridgehead atoms. The van der Waals surface area contributed by atoms with Crippen LogP contribution >= 0.6 is 0 Å². The van der Waals surface area contributed by atoms with Crippen LogP contribution in [-0.4, -0.2) is 24.6 Å². The zero-order valence-electron chi connectivity index (χ0n) is 12.2. The van der Waals surface area contributed by atoms with Crippen molar-refractivity contribution < 1.29 is 9.53 Å². The average Bonchev–Trinajstić information content (AvgIpc) is 2.56. The molecular weight excluding hydrogens is 264 g/mol. The molecule has 1 N–H and O–H groups in total. The lowest BCUT2D eigenvalue weighted by Crippen LogP contribution is -2.24. The lowest BCUT2D eigenvalue weighted by atomic mass is 10.0. The van der Waals surface area contributed by atoms with Gasteiger partial charge in [0.2, 0.25) is 0 Å². The molecule has 0 aliphatic rings. The smallest absolute Gasteiger partial charge is 0.305 e. The normalized spacial score (nSPS) is 11.9. The van der Waals surface area contributed by atoms with Crippen LogP contribution in [0.1, 0.15) is 30.1 Å². The summed E-state index contributed by atoms with van der Waals surface area (Å²) >= 11 is 0. The Labute approximate surface area is 125 Å². The predicted molar refractivity (Wildman–Crippen MR) is 81.8 cm³/mol. The Morgan fingerprint density at radius 3 is 2.62 bits per heavy atom. The van der Waals surface area contributed by atoms with Gasteiger partial charge in [-0.2, -0.15) is 0 Å². The molecule has 0 saturated heterocycles. The van der Waals surface area contributed by atoms with Crippen molar-refractivity contribution in [2.75, 3.05) is 13.7 Å². The van der Waals surface area contributed by atoms with E-state index in [0.717, 1.165) is 24.2 Å². The van der Waals surface area contributed by atoms with Gasteiger partial charge in [0, 0.05) is 12.6 Å². The van der Waals surface area contributed by atoms with Crippen molar-refractivity contribution in [3.8, 4) is 0 Å². The molecule has 0 aliphatic heterocycles. The van der Waals surface area contributed by atoms with Crippen LogP contribution in [-0.2, 0) is 9.53 Å². The molecule has 0 spiro atoms. The van der Waals surface area contributed by atoms with Crippen LogP contribution in [0.2, 0.25) is 0 Å². The SMILES string of the molecule is COC(=O)CCCNC(c1ccccc1)c1ccccn1. The van der Waals surface area contributed by atoms with Gasteiger partial charge in [-0.05, 0) is 30.7 Å². The molecule has 1 aromatic carbocycles. The van der Waals surface area contributed by atoms with Gasteiger partial charge >= 0.3 is 5.97 Å². The van der Waals surface area contributed by atoms with E-state index >= 15 is 0 Å². The number of hydrogen-bond acceptors (Lipinski definition) is 4. The van der Waals surface area contributed by atoms with E-state index in [1.807, 2.05) is 36.4 Å². The van der Waals surface area contributed by atoms with Gasteiger partial charge in [0.05, 0.1) is 18.8 Å². The van der Waals surface area contributed by atoms with Gasteiger partial charge in [-0.1, -0.05) is 36.4 Å². The molecule has 110 valence electrons. The molecule has 1 atom stereocenters. The lowest BCUT2D eigenvalue weighted by molar-refractivity contribution is -0.140. The van der Waals surface area contributed by atoms with E-state index in [4.69, 9.17) is 0 Å². The second-order valence-corrected chi connectivity index (χ2v) is 4.73. The summed E-state index contributed by atoms with van der Waals surface area (Å²) in [5.41, 5.74) is 2.14. The minimum absolute atomic E-state index is 0.0325. The van der Waals surface area contributed by atoms with Crippen LogP contribution in [0.5, 0.6) is 0 Å². The Bertz CT molecular complexity index is 504. The van der Waals surface area contributed by atoms with E-state index < -0.39 is 0 Å². The van der Waals surface area contributed by atoms with Crippen molar-refractivity contribution in [1.29, 1.82) is 0 Å². The number of methoxy groups -OCH3 is 1. The molecule has 4 nitrogen and oxygen atoms in total. The molecule has 1 unspecified atom stereocenters. The fourth-order valence-corrected chi connectivity index (χ4v) is 2.17. The number of carbonyl (C=O) groups excluding carboxylic acids is 1. The number of nitrogens with one attached hydrogen (secondary N) is 1. The first-order valence-corrected chi connectivity index (χ1v) is 7.07. The zero-order chi connectivity index (χ0) is 14.9. The van der Waals surface area contributed by atoms with E-state index in [2.05, 4.69) is 27.2 Å². The molecule has 0 radical (unpaired) electrons. The molecule has 1 aromatic heterocycles. The Balaban J connectivity index is 2.02. The van der Waals surface area contributed by atoms with Gasteiger partial charge in [0.25, 0.3) is 0 Å². The number of benzene rings is 1. The number of ether oxygens (including phenoxy) is 1. The second kappa shape index (κ2) is 8.17. The molecular formula is C17H20N2O2. The van der Waals surface area contributed by atoms with E-state index in [0.29, 0.717) is 6.42 Å². The number of esters is 1. The van der Waals surface area contributed by atoms with Crippen LogP contribution in [0.25, 0.3) is 0 Å². The number of carbonyl (C=O) groups is 1. The van der Waals surface area contributed by atoms with Gasteiger partial charge in [0.1, 0.15) is 0 Å². The van der Waals surface area contributed by atoms with Crippen molar-refractivity contribution >= 4 is 5.97 Å². The highest BCUT2D eigenvalue weighted by molar-refractivity contribution is 5.69. The fraction of sp³-hybridized carbons (Fsp3) is 0.294. The summed E-state index contributed by atoms with van der Waals surface area (Å²) in [6.07, 6.45) is 2.96.